The fourth-order valence-electron chi connectivity index (χ4n) is 3.11. The maximum absolute atomic E-state index is 12.5. The van der Waals surface area contributed by atoms with Crippen LogP contribution in [-0.4, -0.2) is 47.3 Å². The van der Waals surface area contributed by atoms with E-state index >= 15 is 0 Å². The number of rotatable bonds is 3. The Morgan fingerprint density at radius 2 is 2.29 bits per heavy atom. The van der Waals surface area contributed by atoms with Crippen molar-refractivity contribution in [1.82, 2.24) is 4.90 Å². The average Bonchev–Trinajstić information content (AvgIpc) is 3.21. The van der Waals surface area contributed by atoms with Crippen LogP contribution in [0.15, 0.2) is 18.2 Å². The van der Waals surface area contributed by atoms with Crippen LogP contribution in [0.2, 0.25) is 0 Å². The molecule has 3 atom stereocenters. The van der Waals surface area contributed by atoms with Gasteiger partial charge in [0.1, 0.15) is 5.75 Å². The van der Waals surface area contributed by atoms with E-state index in [1.165, 1.54) is 0 Å². The summed E-state index contributed by atoms with van der Waals surface area (Å²) < 4.78 is 16.4. The van der Waals surface area contributed by atoms with E-state index < -0.39 is 6.10 Å². The Labute approximate surface area is 127 Å². The van der Waals surface area contributed by atoms with Gasteiger partial charge in [0.05, 0.1) is 0 Å². The predicted molar refractivity (Wildman–Crippen MR) is 79.0 cm³/mol. The van der Waals surface area contributed by atoms with Gasteiger partial charge in [-0.3, -0.25) is 4.79 Å². The molecule has 3 aliphatic rings. The maximum Gasteiger partial charge on any atom is 0.263 e. The maximum atomic E-state index is 12.5. The molecule has 5 nitrogen and oxygen atoms in total. The average molecular weight is 307 g/mol. The highest BCUT2D eigenvalue weighted by atomic mass is 32.2. The van der Waals surface area contributed by atoms with Crippen LogP contribution in [0.3, 0.4) is 0 Å². The topological polar surface area (TPSA) is 48.0 Å². The van der Waals surface area contributed by atoms with Crippen LogP contribution in [-0.2, 0) is 4.79 Å². The molecule has 2 bridgehead atoms. The molecule has 21 heavy (non-hydrogen) atoms. The van der Waals surface area contributed by atoms with Gasteiger partial charge in [0.25, 0.3) is 5.91 Å². The molecule has 0 radical (unpaired) electrons. The van der Waals surface area contributed by atoms with Crippen molar-refractivity contribution in [2.24, 2.45) is 0 Å². The monoisotopic (exact) mass is 307 g/mol. The van der Waals surface area contributed by atoms with Gasteiger partial charge in [-0.15, -0.1) is 0 Å². The van der Waals surface area contributed by atoms with Gasteiger partial charge >= 0.3 is 0 Å². The summed E-state index contributed by atoms with van der Waals surface area (Å²) in [4.78, 5) is 14.5. The van der Waals surface area contributed by atoms with Gasteiger partial charge in [-0.2, -0.15) is 11.8 Å². The molecule has 1 amide bonds. The number of nitrogens with zero attached hydrogens (tertiary/aromatic N) is 1. The van der Waals surface area contributed by atoms with Crippen LogP contribution in [0.25, 0.3) is 0 Å². The molecule has 1 aromatic rings. The number of thioether (sulfide) groups is 1. The third kappa shape index (κ3) is 2.31. The Balaban J connectivity index is 1.43. The molecule has 2 fully saturated rings. The minimum absolute atomic E-state index is 0.0838. The normalized spacial score (nSPS) is 27.0. The van der Waals surface area contributed by atoms with Crippen molar-refractivity contribution >= 4 is 17.7 Å². The molecule has 0 aliphatic carbocycles. The summed E-state index contributed by atoms with van der Waals surface area (Å²) in [5, 5.41) is 0.622. The van der Waals surface area contributed by atoms with Crippen LogP contribution >= 0.6 is 11.8 Å². The Morgan fingerprint density at radius 3 is 3.05 bits per heavy atom. The SMILES string of the molecule is C[C@@H](Oc1ccc2c(c1)OCO2)C(=O)N1C[C@H]2C[C@H]1CS2. The number of carbonyl (C=O) groups excluding carboxylic acids is 1. The summed E-state index contributed by atoms with van der Waals surface area (Å²) in [6.45, 7) is 2.91. The van der Waals surface area contributed by atoms with Crippen LogP contribution in [0, 0.1) is 0 Å². The molecule has 0 saturated carbocycles. The van der Waals surface area contributed by atoms with Gasteiger partial charge in [0, 0.05) is 29.7 Å². The zero-order valence-corrected chi connectivity index (χ0v) is 12.6. The van der Waals surface area contributed by atoms with Gasteiger partial charge in [-0.25, -0.2) is 0 Å². The van der Waals surface area contributed by atoms with Crippen molar-refractivity contribution in [2.75, 3.05) is 19.1 Å². The van der Waals surface area contributed by atoms with E-state index in [2.05, 4.69) is 0 Å². The first kappa shape index (κ1) is 13.1. The predicted octanol–water partition coefficient (Wildman–Crippen LogP) is 1.90. The van der Waals surface area contributed by atoms with Gasteiger partial charge < -0.3 is 19.1 Å². The second-order valence-electron chi connectivity index (χ2n) is 5.61. The van der Waals surface area contributed by atoms with Crippen molar-refractivity contribution in [3.8, 4) is 17.2 Å². The molecule has 4 rings (SSSR count). The summed E-state index contributed by atoms with van der Waals surface area (Å²) in [6.07, 6.45) is 0.655. The summed E-state index contributed by atoms with van der Waals surface area (Å²) in [6, 6.07) is 5.79. The molecule has 1 aromatic carbocycles. The van der Waals surface area contributed by atoms with E-state index in [1.54, 1.807) is 6.07 Å². The highest BCUT2D eigenvalue weighted by Gasteiger charge is 2.42. The van der Waals surface area contributed by atoms with Crippen molar-refractivity contribution in [1.29, 1.82) is 0 Å². The van der Waals surface area contributed by atoms with Gasteiger partial charge in [0.2, 0.25) is 6.79 Å². The molecule has 0 aromatic heterocycles. The number of hydrogen-bond acceptors (Lipinski definition) is 5. The molecule has 112 valence electrons. The molecule has 6 heteroatoms. The van der Waals surface area contributed by atoms with Gasteiger partial charge in [-0.1, -0.05) is 0 Å². The highest BCUT2D eigenvalue weighted by molar-refractivity contribution is 8.00. The number of amides is 1. The third-order valence-electron chi connectivity index (χ3n) is 4.19. The lowest BCUT2D eigenvalue weighted by molar-refractivity contribution is -0.138. The third-order valence-corrected chi connectivity index (χ3v) is 5.58. The molecule has 3 heterocycles. The quantitative estimate of drug-likeness (QED) is 0.853. The number of likely N-dealkylation sites (tertiary alicyclic amines) is 1. The Hall–Kier alpha value is -1.56. The van der Waals surface area contributed by atoms with Crippen LogP contribution in [0.1, 0.15) is 13.3 Å². The largest absolute Gasteiger partial charge is 0.481 e. The smallest absolute Gasteiger partial charge is 0.263 e. The zero-order valence-electron chi connectivity index (χ0n) is 11.8. The van der Waals surface area contributed by atoms with E-state index in [9.17, 15) is 4.79 Å². The Morgan fingerprint density at radius 1 is 1.43 bits per heavy atom. The molecule has 0 spiro atoms. The van der Waals surface area contributed by atoms with Gasteiger partial charge in [-0.05, 0) is 25.5 Å². The fourth-order valence-corrected chi connectivity index (χ4v) is 4.54. The summed E-state index contributed by atoms with van der Waals surface area (Å²) in [5.74, 6) is 3.17. The molecular formula is C15H17NO4S. The van der Waals surface area contributed by atoms with E-state index in [-0.39, 0.29) is 12.7 Å². The lowest BCUT2D eigenvalue weighted by Gasteiger charge is -2.29. The fraction of sp³-hybridized carbons (Fsp3) is 0.533. The zero-order chi connectivity index (χ0) is 14.4. The summed E-state index contributed by atoms with van der Waals surface area (Å²) in [5.41, 5.74) is 0. The second kappa shape index (κ2) is 5.02. The minimum atomic E-state index is -0.477. The van der Waals surface area contributed by atoms with Crippen molar-refractivity contribution in [3.63, 3.8) is 0 Å². The molecule has 0 N–H and O–H groups in total. The lowest BCUT2D eigenvalue weighted by Crippen LogP contribution is -2.45. The van der Waals surface area contributed by atoms with Crippen LogP contribution in [0.4, 0.5) is 0 Å². The standard InChI is InChI=1S/C15H17NO4S/c1-9(15(17)16-6-12-4-10(16)7-21-12)20-11-2-3-13-14(5-11)19-8-18-13/h2-3,5,9-10,12H,4,6-8H2,1H3/t9-,10+,12-/m1/s1. The summed E-state index contributed by atoms with van der Waals surface area (Å²) >= 11 is 1.98. The first-order valence-corrected chi connectivity index (χ1v) is 8.24. The molecule has 2 saturated heterocycles. The minimum Gasteiger partial charge on any atom is -0.481 e. The summed E-state index contributed by atoms with van der Waals surface area (Å²) in [7, 11) is 0. The molecular weight excluding hydrogens is 290 g/mol. The number of fused-ring (bicyclic) bond motifs is 3. The number of carbonyl (C=O) groups is 1. The van der Waals surface area contributed by atoms with E-state index in [4.69, 9.17) is 14.2 Å². The number of hydrogen-bond donors (Lipinski definition) is 0. The molecule has 0 unspecified atom stereocenters. The van der Waals surface area contributed by atoms with E-state index in [0.29, 0.717) is 22.8 Å². The van der Waals surface area contributed by atoms with Crippen LogP contribution in [0.5, 0.6) is 17.2 Å². The van der Waals surface area contributed by atoms with Gasteiger partial charge in [0.15, 0.2) is 17.6 Å². The first-order valence-electron chi connectivity index (χ1n) is 7.19. The van der Waals surface area contributed by atoms with Crippen molar-refractivity contribution in [2.45, 2.75) is 30.7 Å². The Kier molecular flexibility index (Phi) is 3.14. The number of benzene rings is 1. The van der Waals surface area contributed by atoms with E-state index in [1.807, 2.05) is 35.7 Å². The van der Waals surface area contributed by atoms with E-state index in [0.717, 1.165) is 24.5 Å². The first-order chi connectivity index (χ1) is 10.2. The van der Waals surface area contributed by atoms with Crippen molar-refractivity contribution in [3.05, 3.63) is 18.2 Å². The number of ether oxygens (including phenoxy) is 3. The van der Waals surface area contributed by atoms with Crippen molar-refractivity contribution < 1.29 is 19.0 Å². The molecule has 3 aliphatic heterocycles. The Bertz CT molecular complexity index is 579. The lowest BCUT2D eigenvalue weighted by atomic mass is 10.2. The second-order valence-corrected chi connectivity index (χ2v) is 6.94. The van der Waals surface area contributed by atoms with Crippen LogP contribution < -0.4 is 14.2 Å². The highest BCUT2D eigenvalue weighted by Crippen LogP contribution is 2.38.